The van der Waals surface area contributed by atoms with Crippen LogP contribution in [0.1, 0.15) is 11.3 Å². The number of amides is 1. The number of nitrogens with one attached hydrogen (secondary N) is 2. The number of ether oxygens (including phenoxy) is 1. The summed E-state index contributed by atoms with van der Waals surface area (Å²) in [6.07, 6.45) is 3.03. The molecule has 1 amide bonds. The van der Waals surface area contributed by atoms with Crippen molar-refractivity contribution < 1.29 is 19.0 Å². The molecule has 0 unspecified atom stereocenters. The summed E-state index contributed by atoms with van der Waals surface area (Å²) in [6.45, 7) is 0.213. The Bertz CT molecular complexity index is 1570. The number of hydrogen-bond donors (Lipinski definition) is 3. The first-order valence-electron chi connectivity index (χ1n) is 11.0. The Morgan fingerprint density at radius 2 is 1.89 bits per heavy atom. The van der Waals surface area contributed by atoms with E-state index in [9.17, 15) is 14.3 Å². The van der Waals surface area contributed by atoms with E-state index in [1.165, 1.54) is 25.3 Å². The van der Waals surface area contributed by atoms with Gasteiger partial charge < -0.3 is 20.1 Å². The second-order valence-corrected chi connectivity index (χ2v) is 8.04. The Hall–Kier alpha value is -4.65. The van der Waals surface area contributed by atoms with Crippen LogP contribution < -0.4 is 10.1 Å². The number of methoxy groups -OCH3 is 1. The maximum atomic E-state index is 13.1. The van der Waals surface area contributed by atoms with Crippen LogP contribution in [0, 0.1) is 5.82 Å². The molecule has 3 N–H and O–H groups in total. The fourth-order valence-electron chi connectivity index (χ4n) is 4.01. The van der Waals surface area contributed by atoms with Gasteiger partial charge in [0, 0.05) is 27.9 Å². The highest BCUT2D eigenvalue weighted by Crippen LogP contribution is 2.36. The largest absolute Gasteiger partial charge is 0.504 e. The lowest BCUT2D eigenvalue weighted by molar-refractivity contribution is -0.116. The molecule has 35 heavy (non-hydrogen) atoms. The van der Waals surface area contributed by atoms with E-state index in [0.717, 1.165) is 32.9 Å². The van der Waals surface area contributed by atoms with Gasteiger partial charge in [0.2, 0.25) is 5.91 Å². The smallest absolute Gasteiger partial charge is 0.244 e. The number of pyridine rings is 1. The Morgan fingerprint density at radius 3 is 2.69 bits per heavy atom. The highest BCUT2D eigenvalue weighted by atomic mass is 19.1. The molecule has 0 fully saturated rings. The third-order valence-corrected chi connectivity index (χ3v) is 5.74. The van der Waals surface area contributed by atoms with Gasteiger partial charge in [-0.15, -0.1) is 0 Å². The van der Waals surface area contributed by atoms with Crippen molar-refractivity contribution in [3.8, 4) is 22.8 Å². The van der Waals surface area contributed by atoms with Crippen molar-refractivity contribution in [1.82, 2.24) is 15.3 Å². The SMILES string of the molecule is COc1cc(-c2nc(CNC(=O)/C=C/c3ccc(F)cc3)cc3c2[nH]c2ccccc23)ccc1O. The highest BCUT2D eigenvalue weighted by Gasteiger charge is 2.15. The number of carbonyl (C=O) groups is 1. The Kier molecular flexibility index (Phi) is 5.89. The molecule has 174 valence electrons. The summed E-state index contributed by atoms with van der Waals surface area (Å²) in [5.74, 6) is -0.228. The number of aromatic hydroxyl groups is 1. The summed E-state index contributed by atoms with van der Waals surface area (Å²) in [7, 11) is 1.50. The summed E-state index contributed by atoms with van der Waals surface area (Å²) < 4.78 is 18.3. The monoisotopic (exact) mass is 467 g/mol. The number of hydrogen-bond acceptors (Lipinski definition) is 4. The zero-order valence-electron chi connectivity index (χ0n) is 18.9. The van der Waals surface area contributed by atoms with E-state index in [4.69, 9.17) is 9.72 Å². The fourth-order valence-corrected chi connectivity index (χ4v) is 4.01. The van der Waals surface area contributed by atoms with E-state index in [-0.39, 0.29) is 24.0 Å². The molecular formula is C28H22FN3O3. The minimum atomic E-state index is -0.326. The van der Waals surface area contributed by atoms with Gasteiger partial charge in [-0.05, 0) is 54.1 Å². The molecule has 5 rings (SSSR count). The molecule has 0 spiro atoms. The molecule has 6 nitrogen and oxygen atoms in total. The molecule has 7 heteroatoms. The molecule has 2 heterocycles. The molecule has 0 bridgehead atoms. The van der Waals surface area contributed by atoms with Gasteiger partial charge in [0.25, 0.3) is 0 Å². The maximum absolute atomic E-state index is 13.1. The number of rotatable bonds is 6. The first-order chi connectivity index (χ1) is 17.0. The number of phenols is 1. The first-order valence-corrected chi connectivity index (χ1v) is 11.0. The molecule has 0 aliphatic carbocycles. The molecule has 0 atom stereocenters. The van der Waals surface area contributed by atoms with Crippen LogP contribution in [0.2, 0.25) is 0 Å². The third kappa shape index (κ3) is 4.56. The second kappa shape index (κ2) is 9.30. The number of H-pyrrole nitrogens is 1. The standard InChI is InChI=1S/C28H22FN3O3/c1-35-25-14-18(9-12-24(25)33)27-28-22(21-4-2-3-5-23(21)32-28)15-20(31-27)16-30-26(34)13-8-17-6-10-19(29)11-7-17/h2-15,32-33H,16H2,1H3,(H,30,34)/b13-8+. The van der Waals surface area contributed by atoms with Crippen LogP contribution in [0.5, 0.6) is 11.5 Å². The van der Waals surface area contributed by atoms with Crippen LogP contribution in [0.3, 0.4) is 0 Å². The lowest BCUT2D eigenvalue weighted by atomic mass is 10.1. The number of carbonyl (C=O) groups excluding carboxylic acids is 1. The first kappa shape index (κ1) is 22.2. The van der Waals surface area contributed by atoms with Gasteiger partial charge >= 0.3 is 0 Å². The quantitative estimate of drug-likeness (QED) is 0.285. The number of para-hydroxylation sites is 1. The molecule has 0 radical (unpaired) electrons. The van der Waals surface area contributed by atoms with Gasteiger partial charge in [-0.2, -0.15) is 0 Å². The van der Waals surface area contributed by atoms with E-state index >= 15 is 0 Å². The summed E-state index contributed by atoms with van der Waals surface area (Å²) >= 11 is 0. The van der Waals surface area contributed by atoms with E-state index in [1.54, 1.807) is 36.4 Å². The Labute approximate surface area is 200 Å². The van der Waals surface area contributed by atoms with Crippen LogP contribution >= 0.6 is 0 Å². The van der Waals surface area contributed by atoms with Crippen molar-refractivity contribution in [2.24, 2.45) is 0 Å². The Morgan fingerprint density at radius 1 is 1.09 bits per heavy atom. The summed E-state index contributed by atoms with van der Waals surface area (Å²) in [4.78, 5) is 20.7. The molecule has 0 aliphatic rings. The predicted molar refractivity (Wildman–Crippen MR) is 135 cm³/mol. The van der Waals surface area contributed by atoms with Gasteiger partial charge in [0.05, 0.1) is 30.6 Å². The maximum Gasteiger partial charge on any atom is 0.244 e. The van der Waals surface area contributed by atoms with Gasteiger partial charge in [-0.25, -0.2) is 9.37 Å². The molecule has 0 saturated carbocycles. The number of nitrogens with zero attached hydrogens (tertiary/aromatic N) is 1. The molecule has 0 aliphatic heterocycles. The van der Waals surface area contributed by atoms with Crippen molar-refractivity contribution in [2.75, 3.05) is 7.11 Å². The predicted octanol–water partition coefficient (Wildman–Crippen LogP) is 5.57. The van der Waals surface area contributed by atoms with Gasteiger partial charge in [-0.3, -0.25) is 4.79 Å². The lowest BCUT2D eigenvalue weighted by Crippen LogP contribution is -2.21. The lowest BCUT2D eigenvalue weighted by Gasteiger charge is -2.10. The number of phenolic OH excluding ortho intramolecular Hbond substituents is 1. The van der Waals surface area contributed by atoms with Crippen LogP contribution in [0.4, 0.5) is 4.39 Å². The highest BCUT2D eigenvalue weighted by molar-refractivity contribution is 6.11. The molecule has 2 aromatic heterocycles. The van der Waals surface area contributed by atoms with Crippen LogP contribution in [-0.2, 0) is 11.3 Å². The van der Waals surface area contributed by atoms with Gasteiger partial charge in [0.15, 0.2) is 11.5 Å². The zero-order valence-corrected chi connectivity index (χ0v) is 18.9. The molecule has 0 saturated heterocycles. The van der Waals surface area contributed by atoms with Crippen molar-refractivity contribution in [3.63, 3.8) is 0 Å². The van der Waals surface area contributed by atoms with Crippen molar-refractivity contribution >= 4 is 33.8 Å². The molecule has 3 aromatic carbocycles. The van der Waals surface area contributed by atoms with E-state index in [1.807, 2.05) is 30.3 Å². The third-order valence-electron chi connectivity index (χ3n) is 5.74. The molecular weight excluding hydrogens is 445 g/mol. The average Bonchev–Trinajstić information content (AvgIpc) is 3.25. The van der Waals surface area contributed by atoms with Crippen molar-refractivity contribution in [3.05, 3.63) is 95.9 Å². The van der Waals surface area contributed by atoms with Crippen molar-refractivity contribution in [1.29, 1.82) is 0 Å². The van der Waals surface area contributed by atoms with Crippen LogP contribution in [0.15, 0.2) is 78.9 Å². The summed E-state index contributed by atoms with van der Waals surface area (Å²) in [6, 6.07) is 20.9. The minimum Gasteiger partial charge on any atom is -0.504 e. The number of benzene rings is 3. The number of aromatic nitrogens is 2. The molecule has 5 aromatic rings. The van der Waals surface area contributed by atoms with Crippen LogP contribution in [0.25, 0.3) is 39.1 Å². The summed E-state index contributed by atoms with van der Waals surface area (Å²) in [5, 5.41) is 14.9. The minimum absolute atomic E-state index is 0.0421. The normalized spacial score (nSPS) is 11.4. The van der Waals surface area contributed by atoms with Gasteiger partial charge in [-0.1, -0.05) is 30.3 Å². The second-order valence-electron chi connectivity index (χ2n) is 8.04. The number of aromatic amines is 1. The van der Waals surface area contributed by atoms with Gasteiger partial charge in [0.1, 0.15) is 5.82 Å². The van der Waals surface area contributed by atoms with Crippen LogP contribution in [-0.4, -0.2) is 28.1 Å². The van der Waals surface area contributed by atoms with E-state index < -0.39 is 0 Å². The number of fused-ring (bicyclic) bond motifs is 3. The van der Waals surface area contributed by atoms with E-state index in [0.29, 0.717) is 17.1 Å². The van der Waals surface area contributed by atoms with Crippen molar-refractivity contribution in [2.45, 2.75) is 6.54 Å². The number of halogens is 1. The summed E-state index contributed by atoms with van der Waals surface area (Å²) in [5.41, 5.74) is 4.67. The zero-order chi connectivity index (χ0) is 24.4. The average molecular weight is 468 g/mol. The Balaban J connectivity index is 1.49. The fraction of sp³-hybridized carbons (Fsp3) is 0.0714. The van der Waals surface area contributed by atoms with E-state index in [2.05, 4.69) is 10.3 Å². The topological polar surface area (TPSA) is 87.2 Å².